The number of quaternary nitrogens is 1. The normalized spacial score (nSPS) is 31.3. The molecule has 0 spiro atoms. The highest BCUT2D eigenvalue weighted by Crippen LogP contribution is 2.52. The molecular formula is C20H25ClN2O3. The van der Waals surface area contributed by atoms with E-state index in [2.05, 4.69) is 0 Å². The van der Waals surface area contributed by atoms with Crippen LogP contribution in [0.4, 0.5) is 0 Å². The number of carbonyl (C=O) groups is 2. The Labute approximate surface area is 158 Å². The number of carboxylic acids is 1. The molecule has 0 aromatic heterocycles. The van der Waals surface area contributed by atoms with E-state index in [0.717, 1.165) is 43.9 Å². The van der Waals surface area contributed by atoms with Gasteiger partial charge in [0.25, 0.3) is 0 Å². The second-order valence-electron chi connectivity index (χ2n) is 8.08. The predicted molar refractivity (Wildman–Crippen MR) is 95.3 cm³/mol. The standard InChI is InChI=1S/C20H25ClN2O3/c21-16-5-1-13(2-6-16)12-22-7-9-23(10-8-22)19(24)17-14-3-4-15(11-14)18(17)20(25)26/h1-2,5-6,14-15,17-18H,3-4,7-12H2,(H,25,26)/t14-,15-,17+,18+/m1/s1. The minimum atomic E-state index is -1.03. The first-order chi connectivity index (χ1) is 12.5. The van der Waals surface area contributed by atoms with Crippen molar-refractivity contribution in [2.45, 2.75) is 25.8 Å². The first-order valence-electron chi connectivity index (χ1n) is 9.60. The lowest BCUT2D eigenvalue weighted by molar-refractivity contribution is -0.917. The number of carboxylic acid groups (broad SMARTS) is 1. The van der Waals surface area contributed by atoms with E-state index in [0.29, 0.717) is 13.1 Å². The summed E-state index contributed by atoms with van der Waals surface area (Å²) >= 11 is 5.93. The molecule has 1 heterocycles. The van der Waals surface area contributed by atoms with Gasteiger partial charge in [-0.05, 0) is 43.2 Å². The van der Waals surface area contributed by atoms with Crippen molar-refractivity contribution in [3.05, 3.63) is 34.9 Å². The molecule has 2 bridgehead atoms. The van der Waals surface area contributed by atoms with Gasteiger partial charge >= 0.3 is 0 Å². The van der Waals surface area contributed by atoms with Crippen molar-refractivity contribution in [3.8, 4) is 0 Å². The van der Waals surface area contributed by atoms with Crippen LogP contribution in [0.2, 0.25) is 5.02 Å². The van der Waals surface area contributed by atoms with Crippen molar-refractivity contribution >= 4 is 23.5 Å². The van der Waals surface area contributed by atoms with Gasteiger partial charge in [-0.1, -0.05) is 23.7 Å². The number of rotatable bonds is 4. The number of hydrogen-bond donors (Lipinski definition) is 1. The van der Waals surface area contributed by atoms with Crippen molar-refractivity contribution in [3.63, 3.8) is 0 Å². The van der Waals surface area contributed by atoms with E-state index in [1.165, 1.54) is 10.5 Å². The first kappa shape index (κ1) is 17.8. The zero-order valence-corrected chi connectivity index (χ0v) is 15.6. The molecule has 2 saturated carbocycles. The Morgan fingerprint density at radius 1 is 1.08 bits per heavy atom. The third kappa shape index (κ3) is 3.35. The number of nitrogens with one attached hydrogen (secondary N) is 1. The molecule has 4 atom stereocenters. The van der Waals surface area contributed by atoms with E-state index < -0.39 is 11.9 Å². The number of benzene rings is 1. The van der Waals surface area contributed by atoms with Crippen molar-refractivity contribution < 1.29 is 19.6 Å². The lowest BCUT2D eigenvalue weighted by Crippen LogP contribution is -3.13. The van der Waals surface area contributed by atoms with Crippen molar-refractivity contribution in [1.82, 2.24) is 4.90 Å². The van der Waals surface area contributed by atoms with Crippen LogP contribution in [0.5, 0.6) is 0 Å². The molecule has 26 heavy (non-hydrogen) atoms. The summed E-state index contributed by atoms with van der Waals surface area (Å²) in [6, 6.07) is 7.91. The first-order valence-corrected chi connectivity index (χ1v) is 9.98. The van der Waals surface area contributed by atoms with Gasteiger partial charge in [0.2, 0.25) is 5.91 Å². The summed E-state index contributed by atoms with van der Waals surface area (Å²) in [6.45, 7) is 4.12. The molecule has 1 N–H and O–H groups in total. The summed E-state index contributed by atoms with van der Waals surface area (Å²) in [7, 11) is 0. The Kier molecular flexibility index (Phi) is 4.93. The van der Waals surface area contributed by atoms with Crippen LogP contribution in [0.15, 0.2) is 24.3 Å². The molecule has 1 aromatic carbocycles. The predicted octanol–water partition coefficient (Wildman–Crippen LogP) is -0.0207. The molecule has 1 amide bonds. The number of halogens is 1. The van der Waals surface area contributed by atoms with Gasteiger partial charge in [-0.2, -0.15) is 0 Å². The average molecular weight is 377 g/mol. The Balaban J connectivity index is 1.35. The number of nitrogens with zero attached hydrogens (tertiary/aromatic N) is 1. The fraction of sp³-hybridized carbons (Fsp3) is 0.600. The van der Waals surface area contributed by atoms with Gasteiger partial charge in [0.05, 0.1) is 26.2 Å². The summed E-state index contributed by atoms with van der Waals surface area (Å²) in [5.41, 5.74) is 1.24. The van der Waals surface area contributed by atoms with E-state index >= 15 is 0 Å². The second-order valence-corrected chi connectivity index (χ2v) is 8.52. The van der Waals surface area contributed by atoms with Crippen molar-refractivity contribution in [2.75, 3.05) is 26.2 Å². The van der Waals surface area contributed by atoms with E-state index in [1.54, 1.807) is 0 Å². The minimum Gasteiger partial charge on any atom is -0.550 e. The Hall–Kier alpha value is -1.59. The molecule has 1 aliphatic heterocycles. The maximum Gasteiger partial charge on any atom is 0.227 e. The molecule has 0 radical (unpaired) electrons. The lowest BCUT2D eigenvalue weighted by Gasteiger charge is -2.38. The topological polar surface area (TPSA) is 64.9 Å². The Morgan fingerprint density at radius 2 is 1.69 bits per heavy atom. The molecule has 140 valence electrons. The summed E-state index contributed by atoms with van der Waals surface area (Å²) in [5.74, 6) is -1.50. The van der Waals surface area contributed by atoms with Gasteiger partial charge in [-0.3, -0.25) is 4.79 Å². The fourth-order valence-electron chi connectivity index (χ4n) is 5.31. The molecule has 3 aliphatic rings. The number of fused-ring (bicyclic) bond motifs is 2. The van der Waals surface area contributed by atoms with Crippen LogP contribution in [0, 0.1) is 23.7 Å². The molecule has 5 nitrogen and oxygen atoms in total. The second kappa shape index (κ2) is 7.20. The highest BCUT2D eigenvalue weighted by molar-refractivity contribution is 6.30. The zero-order chi connectivity index (χ0) is 18.3. The summed E-state index contributed by atoms with van der Waals surface area (Å²) < 4.78 is 0. The Bertz CT molecular complexity index is 685. The third-order valence-electron chi connectivity index (χ3n) is 6.62. The highest BCUT2D eigenvalue weighted by Gasteiger charge is 2.52. The van der Waals surface area contributed by atoms with Gasteiger partial charge in [0.15, 0.2) is 0 Å². The van der Waals surface area contributed by atoms with Crippen LogP contribution >= 0.6 is 11.6 Å². The lowest BCUT2D eigenvalue weighted by atomic mass is 9.78. The molecule has 2 aliphatic carbocycles. The number of aliphatic carboxylic acids is 1. The maximum atomic E-state index is 13.0. The van der Waals surface area contributed by atoms with Gasteiger partial charge < -0.3 is 19.7 Å². The van der Waals surface area contributed by atoms with Crippen LogP contribution < -0.4 is 10.0 Å². The SMILES string of the molecule is O=C([O-])[C@H]1[C@@H]2CC[C@H](C2)[C@@H]1C(=O)N1CC[NH+](Cc2ccc(Cl)cc2)CC1. The zero-order valence-electron chi connectivity index (χ0n) is 14.8. The van der Waals surface area contributed by atoms with Gasteiger partial charge in [-0.25, -0.2) is 0 Å². The van der Waals surface area contributed by atoms with Gasteiger partial charge in [0.1, 0.15) is 6.54 Å². The van der Waals surface area contributed by atoms with Crippen LogP contribution in [0.3, 0.4) is 0 Å². The molecular weight excluding hydrogens is 352 g/mol. The number of piperazine rings is 1. The quantitative estimate of drug-likeness (QED) is 0.803. The van der Waals surface area contributed by atoms with Crippen molar-refractivity contribution in [2.24, 2.45) is 23.7 Å². The Morgan fingerprint density at radius 3 is 2.31 bits per heavy atom. The number of carbonyl (C=O) groups excluding carboxylic acids is 2. The van der Waals surface area contributed by atoms with Gasteiger partial charge in [0, 0.05) is 28.4 Å². The van der Waals surface area contributed by atoms with E-state index in [4.69, 9.17) is 11.6 Å². The van der Waals surface area contributed by atoms with Crippen LogP contribution in [-0.2, 0) is 16.1 Å². The molecule has 1 saturated heterocycles. The van der Waals surface area contributed by atoms with E-state index in [-0.39, 0.29) is 23.7 Å². The van der Waals surface area contributed by atoms with E-state index in [9.17, 15) is 14.7 Å². The molecule has 4 rings (SSSR count). The maximum absolute atomic E-state index is 13.0. The van der Waals surface area contributed by atoms with Gasteiger partial charge in [-0.15, -0.1) is 0 Å². The average Bonchev–Trinajstić information content (AvgIpc) is 3.25. The molecule has 3 fully saturated rings. The third-order valence-corrected chi connectivity index (χ3v) is 6.88. The molecule has 1 aromatic rings. The fourth-order valence-corrected chi connectivity index (χ4v) is 5.43. The largest absolute Gasteiger partial charge is 0.550 e. The number of amides is 1. The highest BCUT2D eigenvalue weighted by atomic mass is 35.5. The minimum absolute atomic E-state index is 0.0527. The summed E-state index contributed by atoms with van der Waals surface area (Å²) in [5, 5.41) is 12.3. The van der Waals surface area contributed by atoms with Crippen molar-refractivity contribution in [1.29, 1.82) is 0 Å². The number of hydrogen-bond acceptors (Lipinski definition) is 3. The van der Waals surface area contributed by atoms with Crippen LogP contribution in [0.1, 0.15) is 24.8 Å². The van der Waals surface area contributed by atoms with E-state index in [1.807, 2.05) is 29.2 Å². The summed E-state index contributed by atoms with van der Waals surface area (Å²) in [6.07, 6.45) is 2.82. The smallest absolute Gasteiger partial charge is 0.227 e. The molecule has 6 heteroatoms. The summed E-state index contributed by atoms with van der Waals surface area (Å²) in [4.78, 5) is 27.9. The molecule has 0 unspecified atom stereocenters. The monoisotopic (exact) mass is 376 g/mol. The van der Waals surface area contributed by atoms with Crippen LogP contribution in [0.25, 0.3) is 0 Å². The van der Waals surface area contributed by atoms with Crippen LogP contribution in [-0.4, -0.2) is 43.0 Å².